The average molecular weight is 381 g/mol. The van der Waals surface area contributed by atoms with E-state index in [1.54, 1.807) is 36.4 Å². The molecular formula is C22H27N3O3. The summed E-state index contributed by atoms with van der Waals surface area (Å²) < 4.78 is 0. The molecule has 0 aliphatic rings. The third-order valence-corrected chi connectivity index (χ3v) is 4.19. The third-order valence-electron chi connectivity index (χ3n) is 4.19. The Balaban J connectivity index is 1.67. The van der Waals surface area contributed by atoms with Crippen LogP contribution < -0.4 is 16.0 Å². The molecule has 0 aromatic heterocycles. The van der Waals surface area contributed by atoms with Crippen molar-refractivity contribution < 1.29 is 14.4 Å². The van der Waals surface area contributed by atoms with E-state index in [0.717, 1.165) is 5.56 Å². The molecule has 0 unspecified atom stereocenters. The molecule has 28 heavy (non-hydrogen) atoms. The Morgan fingerprint density at radius 2 is 1.25 bits per heavy atom. The summed E-state index contributed by atoms with van der Waals surface area (Å²) in [6.07, 6.45) is 0. The van der Waals surface area contributed by atoms with E-state index in [-0.39, 0.29) is 36.2 Å². The van der Waals surface area contributed by atoms with Gasteiger partial charge in [-0.2, -0.15) is 0 Å². The molecule has 2 aromatic rings. The molecule has 0 aliphatic heterocycles. The first kappa shape index (κ1) is 21.2. The molecule has 0 aliphatic carbocycles. The Hall–Kier alpha value is -3.15. The molecule has 0 atom stereocenters. The fourth-order valence-electron chi connectivity index (χ4n) is 2.52. The molecule has 2 aromatic carbocycles. The number of carbonyl (C=O) groups is 3. The van der Waals surface area contributed by atoms with Crippen molar-refractivity contribution in [2.45, 2.75) is 26.2 Å². The zero-order valence-electron chi connectivity index (χ0n) is 16.5. The van der Waals surface area contributed by atoms with Gasteiger partial charge in [0.15, 0.2) is 0 Å². The smallest absolute Gasteiger partial charge is 0.251 e. The van der Waals surface area contributed by atoms with E-state index < -0.39 is 0 Å². The Kier molecular flexibility index (Phi) is 7.32. The number of carbonyl (C=O) groups excluding carboxylic acids is 3. The summed E-state index contributed by atoms with van der Waals surface area (Å²) in [4.78, 5) is 35.8. The molecule has 6 nitrogen and oxygen atoms in total. The van der Waals surface area contributed by atoms with E-state index in [1.807, 2.05) is 18.2 Å². The van der Waals surface area contributed by atoms with Crippen LogP contribution in [0.2, 0.25) is 0 Å². The van der Waals surface area contributed by atoms with Gasteiger partial charge < -0.3 is 16.0 Å². The topological polar surface area (TPSA) is 87.3 Å². The van der Waals surface area contributed by atoms with Crippen LogP contribution in [0.1, 0.15) is 47.1 Å². The van der Waals surface area contributed by atoms with Crippen molar-refractivity contribution in [2.75, 3.05) is 19.6 Å². The molecule has 148 valence electrons. The van der Waals surface area contributed by atoms with Crippen molar-refractivity contribution in [3.05, 3.63) is 71.3 Å². The Morgan fingerprint density at radius 3 is 1.86 bits per heavy atom. The van der Waals surface area contributed by atoms with Crippen molar-refractivity contribution in [2.24, 2.45) is 0 Å². The Labute approximate surface area is 165 Å². The standard InChI is InChI=1S/C22H27N3O3/c1-22(2,3)18-11-9-17(10-12-18)20(27)24-14-13-23-19(26)15-25-21(28)16-7-5-4-6-8-16/h4-12H,13-15H2,1-3H3,(H,23,26)(H,24,27)(H,25,28). The van der Waals surface area contributed by atoms with E-state index in [4.69, 9.17) is 0 Å². The molecule has 0 radical (unpaired) electrons. The number of nitrogens with one attached hydrogen (secondary N) is 3. The van der Waals surface area contributed by atoms with Crippen molar-refractivity contribution in [1.82, 2.24) is 16.0 Å². The summed E-state index contributed by atoms with van der Waals surface area (Å²) in [5.41, 5.74) is 2.28. The monoisotopic (exact) mass is 381 g/mol. The van der Waals surface area contributed by atoms with Crippen LogP contribution in [0.3, 0.4) is 0 Å². The van der Waals surface area contributed by atoms with Gasteiger partial charge in [-0.05, 0) is 35.2 Å². The van der Waals surface area contributed by atoms with Gasteiger partial charge in [0, 0.05) is 24.2 Å². The zero-order valence-corrected chi connectivity index (χ0v) is 16.5. The lowest BCUT2D eigenvalue weighted by Gasteiger charge is -2.19. The summed E-state index contributed by atoms with van der Waals surface area (Å²) in [5.74, 6) is -0.803. The summed E-state index contributed by atoms with van der Waals surface area (Å²) in [6, 6.07) is 16.2. The average Bonchev–Trinajstić information content (AvgIpc) is 2.69. The third kappa shape index (κ3) is 6.54. The van der Waals surface area contributed by atoms with Crippen LogP contribution in [-0.4, -0.2) is 37.4 Å². The van der Waals surface area contributed by atoms with Crippen molar-refractivity contribution in [1.29, 1.82) is 0 Å². The SMILES string of the molecule is CC(C)(C)c1ccc(C(=O)NCCNC(=O)CNC(=O)c2ccccc2)cc1. The highest BCUT2D eigenvalue weighted by Crippen LogP contribution is 2.22. The Morgan fingerprint density at radius 1 is 0.714 bits per heavy atom. The first-order valence-corrected chi connectivity index (χ1v) is 9.26. The van der Waals surface area contributed by atoms with Crippen LogP contribution in [-0.2, 0) is 10.2 Å². The molecule has 2 rings (SSSR count). The van der Waals surface area contributed by atoms with Gasteiger partial charge in [-0.25, -0.2) is 0 Å². The predicted octanol–water partition coefficient (Wildman–Crippen LogP) is 2.26. The summed E-state index contributed by atoms with van der Waals surface area (Å²) in [5, 5.41) is 7.97. The molecule has 0 fully saturated rings. The minimum Gasteiger partial charge on any atom is -0.353 e. The van der Waals surface area contributed by atoms with Gasteiger partial charge in [0.1, 0.15) is 0 Å². The maximum absolute atomic E-state index is 12.1. The van der Waals surface area contributed by atoms with Crippen LogP contribution >= 0.6 is 0 Å². The van der Waals surface area contributed by atoms with Crippen LogP contribution in [0.15, 0.2) is 54.6 Å². The number of rotatable bonds is 7. The van der Waals surface area contributed by atoms with Crippen LogP contribution in [0.5, 0.6) is 0 Å². The molecule has 6 heteroatoms. The minimum atomic E-state index is -0.312. The second-order valence-electron chi connectivity index (χ2n) is 7.48. The Bertz CT molecular complexity index is 809. The number of hydrogen-bond acceptors (Lipinski definition) is 3. The summed E-state index contributed by atoms with van der Waals surface area (Å²) in [7, 11) is 0. The van der Waals surface area contributed by atoms with E-state index in [1.165, 1.54) is 0 Å². The van der Waals surface area contributed by atoms with Gasteiger partial charge in [-0.3, -0.25) is 14.4 Å². The lowest BCUT2D eigenvalue weighted by atomic mass is 9.87. The minimum absolute atomic E-state index is 0.0369. The lowest BCUT2D eigenvalue weighted by molar-refractivity contribution is -0.120. The normalized spacial score (nSPS) is 10.8. The second kappa shape index (κ2) is 9.69. The highest BCUT2D eigenvalue weighted by Gasteiger charge is 2.14. The van der Waals surface area contributed by atoms with Gasteiger partial charge in [0.2, 0.25) is 5.91 Å². The molecule has 3 amide bonds. The fraction of sp³-hybridized carbons (Fsp3) is 0.318. The first-order chi connectivity index (χ1) is 13.3. The number of hydrogen-bond donors (Lipinski definition) is 3. The summed E-state index contributed by atoms with van der Waals surface area (Å²) in [6.45, 7) is 6.83. The van der Waals surface area contributed by atoms with Crippen LogP contribution in [0.25, 0.3) is 0 Å². The van der Waals surface area contributed by atoms with Gasteiger partial charge in [-0.15, -0.1) is 0 Å². The molecule has 0 heterocycles. The molecule has 0 spiro atoms. The fourth-order valence-corrected chi connectivity index (χ4v) is 2.52. The first-order valence-electron chi connectivity index (χ1n) is 9.26. The second-order valence-corrected chi connectivity index (χ2v) is 7.48. The molecule has 0 saturated heterocycles. The highest BCUT2D eigenvalue weighted by molar-refractivity contribution is 5.96. The van der Waals surface area contributed by atoms with Gasteiger partial charge in [-0.1, -0.05) is 51.1 Å². The van der Waals surface area contributed by atoms with E-state index in [2.05, 4.69) is 36.7 Å². The van der Waals surface area contributed by atoms with Crippen LogP contribution in [0.4, 0.5) is 0 Å². The molecule has 0 saturated carbocycles. The highest BCUT2D eigenvalue weighted by atomic mass is 16.2. The maximum atomic E-state index is 12.1. The van der Waals surface area contributed by atoms with Crippen molar-refractivity contribution in [3.63, 3.8) is 0 Å². The van der Waals surface area contributed by atoms with Gasteiger partial charge >= 0.3 is 0 Å². The number of benzene rings is 2. The lowest BCUT2D eigenvalue weighted by Crippen LogP contribution is -2.40. The van der Waals surface area contributed by atoms with Crippen LogP contribution in [0, 0.1) is 0 Å². The van der Waals surface area contributed by atoms with Gasteiger partial charge in [0.05, 0.1) is 6.54 Å². The van der Waals surface area contributed by atoms with Crippen molar-refractivity contribution in [3.8, 4) is 0 Å². The maximum Gasteiger partial charge on any atom is 0.251 e. The molecular weight excluding hydrogens is 354 g/mol. The van der Waals surface area contributed by atoms with Crippen molar-refractivity contribution >= 4 is 17.7 Å². The largest absolute Gasteiger partial charge is 0.353 e. The van der Waals surface area contributed by atoms with E-state index >= 15 is 0 Å². The zero-order chi connectivity index (χ0) is 20.6. The van der Waals surface area contributed by atoms with Gasteiger partial charge in [0.25, 0.3) is 11.8 Å². The predicted molar refractivity (Wildman–Crippen MR) is 109 cm³/mol. The molecule has 0 bridgehead atoms. The number of amides is 3. The van der Waals surface area contributed by atoms with E-state index in [9.17, 15) is 14.4 Å². The van der Waals surface area contributed by atoms with E-state index in [0.29, 0.717) is 17.7 Å². The molecule has 3 N–H and O–H groups in total. The quantitative estimate of drug-likeness (QED) is 0.643. The summed E-state index contributed by atoms with van der Waals surface area (Å²) >= 11 is 0.